The van der Waals surface area contributed by atoms with E-state index in [0.717, 1.165) is 5.56 Å². The Labute approximate surface area is 142 Å². The minimum Gasteiger partial charge on any atom is -0.546 e. The third kappa shape index (κ3) is 2.87. The number of Topliss-reactive ketones (excluding diaryl/α,β-unsaturated/α-hetero) is 1. The zero-order valence-corrected chi connectivity index (χ0v) is 12.8. The van der Waals surface area contributed by atoms with Crippen LogP contribution in [0.5, 0.6) is 23.0 Å². The van der Waals surface area contributed by atoms with Gasteiger partial charge in [0.1, 0.15) is 18.1 Å². The Balaban J connectivity index is 1.58. The normalized spacial score (nSPS) is 15.8. The molecule has 7 heteroatoms. The first kappa shape index (κ1) is 15.1. The summed E-state index contributed by atoms with van der Waals surface area (Å²) in [5.74, 6) is 0.410. The Morgan fingerprint density at radius 2 is 1.96 bits per heavy atom. The lowest BCUT2D eigenvalue weighted by Gasteiger charge is -2.07. The second-order valence-electron chi connectivity index (χ2n) is 5.37. The predicted molar refractivity (Wildman–Crippen MR) is 82.4 cm³/mol. The maximum Gasteiger partial charge on any atom is 0.231 e. The number of carboxylic acids is 1. The molecule has 126 valence electrons. The van der Waals surface area contributed by atoms with Gasteiger partial charge in [-0.1, -0.05) is 6.07 Å². The number of benzene rings is 2. The van der Waals surface area contributed by atoms with Crippen molar-refractivity contribution in [3.05, 3.63) is 53.3 Å². The van der Waals surface area contributed by atoms with Crippen LogP contribution in [-0.4, -0.2) is 25.2 Å². The van der Waals surface area contributed by atoms with Gasteiger partial charge < -0.3 is 28.8 Å². The van der Waals surface area contributed by atoms with Gasteiger partial charge in [-0.05, 0) is 35.9 Å². The molecule has 0 saturated heterocycles. The van der Waals surface area contributed by atoms with Gasteiger partial charge in [0.15, 0.2) is 17.3 Å². The molecule has 0 aromatic heterocycles. The monoisotopic (exact) mass is 339 g/mol. The van der Waals surface area contributed by atoms with E-state index >= 15 is 0 Å². The first-order valence-corrected chi connectivity index (χ1v) is 7.41. The Bertz CT molecular complexity index is 914. The third-order valence-corrected chi connectivity index (χ3v) is 3.69. The zero-order chi connectivity index (χ0) is 17.4. The minimum absolute atomic E-state index is 0.158. The lowest BCUT2D eigenvalue weighted by Crippen LogP contribution is -2.28. The highest BCUT2D eigenvalue weighted by Gasteiger charge is 2.28. The quantitative estimate of drug-likeness (QED) is 0.772. The van der Waals surface area contributed by atoms with Gasteiger partial charge in [0.2, 0.25) is 12.6 Å². The molecule has 0 saturated carbocycles. The van der Waals surface area contributed by atoms with Gasteiger partial charge in [0.25, 0.3) is 0 Å². The summed E-state index contributed by atoms with van der Waals surface area (Å²) >= 11 is 0. The molecule has 0 spiro atoms. The molecule has 4 rings (SSSR count). The lowest BCUT2D eigenvalue weighted by atomic mass is 10.1. The maximum absolute atomic E-state index is 12.4. The van der Waals surface area contributed by atoms with Crippen LogP contribution in [-0.2, 0) is 4.79 Å². The second-order valence-corrected chi connectivity index (χ2v) is 5.37. The van der Waals surface area contributed by atoms with E-state index in [0.29, 0.717) is 22.8 Å². The van der Waals surface area contributed by atoms with E-state index in [1.54, 1.807) is 24.3 Å². The maximum atomic E-state index is 12.4. The first-order valence-electron chi connectivity index (χ1n) is 7.41. The average Bonchev–Trinajstić information content (AvgIpc) is 3.17. The van der Waals surface area contributed by atoms with Gasteiger partial charge in [-0.25, -0.2) is 0 Å². The zero-order valence-electron chi connectivity index (χ0n) is 12.8. The van der Waals surface area contributed by atoms with Crippen LogP contribution in [0.25, 0.3) is 6.08 Å². The summed E-state index contributed by atoms with van der Waals surface area (Å²) in [6, 6.07) is 9.80. The van der Waals surface area contributed by atoms with Crippen molar-refractivity contribution in [2.24, 2.45) is 0 Å². The summed E-state index contributed by atoms with van der Waals surface area (Å²) < 4.78 is 21.2. The highest BCUT2D eigenvalue weighted by Crippen LogP contribution is 2.36. The smallest absolute Gasteiger partial charge is 0.231 e. The average molecular weight is 339 g/mol. The molecular weight excluding hydrogens is 328 g/mol. The Morgan fingerprint density at radius 1 is 1.12 bits per heavy atom. The fraction of sp³-hybridized carbons (Fsp3) is 0.111. The molecule has 0 fully saturated rings. The highest BCUT2D eigenvalue weighted by atomic mass is 16.7. The summed E-state index contributed by atoms with van der Waals surface area (Å²) in [5.41, 5.74) is 1.11. The molecule has 0 aliphatic carbocycles. The van der Waals surface area contributed by atoms with Crippen LogP contribution >= 0.6 is 0 Å². The summed E-state index contributed by atoms with van der Waals surface area (Å²) in [7, 11) is 0. The predicted octanol–water partition coefficient (Wildman–Crippen LogP) is 1.16. The summed E-state index contributed by atoms with van der Waals surface area (Å²) in [6.07, 6.45) is 1.60. The van der Waals surface area contributed by atoms with E-state index in [1.165, 1.54) is 18.2 Å². The summed E-state index contributed by atoms with van der Waals surface area (Å²) in [6.45, 7) is -0.405. The number of aliphatic carboxylic acids is 1. The van der Waals surface area contributed by atoms with Crippen LogP contribution < -0.4 is 24.1 Å². The summed E-state index contributed by atoms with van der Waals surface area (Å²) in [4.78, 5) is 22.9. The fourth-order valence-corrected chi connectivity index (χ4v) is 2.55. The molecular formula is C18H11O7-. The fourth-order valence-electron chi connectivity index (χ4n) is 2.55. The van der Waals surface area contributed by atoms with Crippen molar-refractivity contribution in [1.82, 2.24) is 0 Å². The van der Waals surface area contributed by atoms with Crippen molar-refractivity contribution in [3.63, 3.8) is 0 Å². The van der Waals surface area contributed by atoms with Crippen molar-refractivity contribution >= 4 is 17.8 Å². The van der Waals surface area contributed by atoms with Gasteiger partial charge in [0, 0.05) is 6.07 Å². The lowest BCUT2D eigenvalue weighted by molar-refractivity contribution is -0.307. The van der Waals surface area contributed by atoms with E-state index in [2.05, 4.69) is 0 Å². The number of ether oxygens (including phenoxy) is 4. The largest absolute Gasteiger partial charge is 0.546 e. The van der Waals surface area contributed by atoms with Crippen molar-refractivity contribution in [1.29, 1.82) is 0 Å². The molecule has 7 nitrogen and oxygen atoms in total. The Kier molecular flexibility index (Phi) is 3.53. The standard InChI is InChI=1S/C18H12O7/c19-17(20)8-22-11-2-3-12-14(7-11)25-16(18(12)21)6-10-1-4-13-15(5-10)24-9-23-13/h1-7H,8-9H2,(H,19,20)/p-1/b16-6+. The molecule has 0 amide bonds. The number of hydrogen-bond donors (Lipinski definition) is 0. The number of carboxylic acid groups (broad SMARTS) is 1. The molecule has 0 N–H and O–H groups in total. The van der Waals surface area contributed by atoms with Gasteiger partial charge >= 0.3 is 0 Å². The molecule has 0 unspecified atom stereocenters. The van der Waals surface area contributed by atoms with Crippen molar-refractivity contribution < 1.29 is 33.6 Å². The molecule has 25 heavy (non-hydrogen) atoms. The van der Waals surface area contributed by atoms with E-state index in [9.17, 15) is 14.7 Å². The van der Waals surface area contributed by atoms with Crippen LogP contribution in [0.1, 0.15) is 15.9 Å². The van der Waals surface area contributed by atoms with Gasteiger partial charge in [-0.3, -0.25) is 4.79 Å². The van der Waals surface area contributed by atoms with E-state index < -0.39 is 12.6 Å². The second kappa shape index (κ2) is 5.86. The number of ketones is 1. The number of carbonyl (C=O) groups is 2. The topological polar surface area (TPSA) is 94.1 Å². The van der Waals surface area contributed by atoms with Gasteiger partial charge in [-0.15, -0.1) is 0 Å². The molecule has 2 aromatic rings. The molecule has 0 bridgehead atoms. The molecule has 2 aliphatic heterocycles. The van der Waals surface area contributed by atoms with Gasteiger partial charge in [-0.2, -0.15) is 0 Å². The Hall–Kier alpha value is -3.48. The van der Waals surface area contributed by atoms with Crippen LogP contribution in [0.15, 0.2) is 42.2 Å². The van der Waals surface area contributed by atoms with Crippen LogP contribution in [0.3, 0.4) is 0 Å². The SMILES string of the molecule is O=C([O-])COc1ccc2c(c1)O/C(=C/c1ccc3c(c1)OCO3)C2=O. The molecule has 0 atom stereocenters. The molecule has 2 aliphatic rings. The van der Waals surface area contributed by atoms with Gasteiger partial charge in [0.05, 0.1) is 11.5 Å². The van der Waals surface area contributed by atoms with E-state index in [-0.39, 0.29) is 24.1 Å². The number of rotatable bonds is 4. The number of allylic oxidation sites excluding steroid dienone is 1. The number of hydrogen-bond acceptors (Lipinski definition) is 7. The van der Waals surface area contributed by atoms with Crippen molar-refractivity contribution in [3.8, 4) is 23.0 Å². The summed E-state index contributed by atoms with van der Waals surface area (Å²) in [5, 5.41) is 10.4. The number of fused-ring (bicyclic) bond motifs is 2. The third-order valence-electron chi connectivity index (χ3n) is 3.69. The molecule has 2 heterocycles. The first-order chi connectivity index (χ1) is 12.1. The van der Waals surface area contributed by atoms with E-state index in [1.807, 2.05) is 0 Å². The van der Waals surface area contributed by atoms with Crippen LogP contribution in [0.2, 0.25) is 0 Å². The van der Waals surface area contributed by atoms with Crippen molar-refractivity contribution in [2.75, 3.05) is 13.4 Å². The van der Waals surface area contributed by atoms with Crippen LogP contribution in [0, 0.1) is 0 Å². The van der Waals surface area contributed by atoms with Crippen molar-refractivity contribution in [2.45, 2.75) is 0 Å². The molecule has 2 aromatic carbocycles. The minimum atomic E-state index is -1.33. The Morgan fingerprint density at radius 3 is 2.80 bits per heavy atom. The van der Waals surface area contributed by atoms with Crippen LogP contribution in [0.4, 0.5) is 0 Å². The molecule has 0 radical (unpaired) electrons. The van der Waals surface area contributed by atoms with E-state index in [4.69, 9.17) is 18.9 Å². The highest BCUT2D eigenvalue weighted by molar-refractivity contribution is 6.14. The number of carbonyl (C=O) groups excluding carboxylic acids is 2.